The Bertz CT molecular complexity index is 853. The van der Waals surface area contributed by atoms with Crippen LogP contribution in [0.3, 0.4) is 0 Å². The van der Waals surface area contributed by atoms with Gasteiger partial charge in [0.1, 0.15) is 0 Å². The highest BCUT2D eigenvalue weighted by Gasteiger charge is 2.35. The molecule has 0 saturated carbocycles. The number of carbonyl (C=O) groups excluding carboxylic acids is 2. The second-order valence-electron chi connectivity index (χ2n) is 7.69. The average Bonchev–Trinajstić information content (AvgIpc) is 3.11. The maximum Gasteiger partial charge on any atom is 0.255 e. The van der Waals surface area contributed by atoms with E-state index in [1.54, 1.807) is 0 Å². The van der Waals surface area contributed by atoms with E-state index in [0.29, 0.717) is 18.7 Å². The first kappa shape index (κ1) is 20.4. The number of aryl methyl sites for hydroxylation is 1. The number of rotatable bonds is 6. The van der Waals surface area contributed by atoms with Gasteiger partial charge in [-0.05, 0) is 49.6 Å². The normalized spacial score (nSPS) is 18.9. The van der Waals surface area contributed by atoms with Crippen LogP contribution in [0.25, 0.3) is 0 Å². The summed E-state index contributed by atoms with van der Waals surface area (Å²) < 4.78 is 0. The zero-order valence-electron chi connectivity index (χ0n) is 16.4. The molecule has 0 radical (unpaired) electrons. The number of nitrogens with one attached hydrogen (secondary N) is 1. The number of amides is 2. The molecule has 0 aromatic heterocycles. The van der Waals surface area contributed by atoms with Crippen molar-refractivity contribution in [3.05, 3.63) is 59.7 Å². The predicted octanol–water partition coefficient (Wildman–Crippen LogP) is 3.54. The molecule has 1 heterocycles. The lowest BCUT2D eigenvalue weighted by Gasteiger charge is -2.23. The molecule has 148 valence electrons. The van der Waals surface area contributed by atoms with Gasteiger partial charge in [0.2, 0.25) is 5.91 Å². The van der Waals surface area contributed by atoms with Gasteiger partial charge in [0.25, 0.3) is 5.91 Å². The number of nitrogens with zero attached hydrogens (tertiary/aromatic N) is 1. The number of likely N-dealkylation sites (tertiary alicyclic amines) is 1. The van der Waals surface area contributed by atoms with E-state index in [1.807, 2.05) is 60.4 Å². The summed E-state index contributed by atoms with van der Waals surface area (Å²) in [6.45, 7) is 6.10. The third kappa shape index (κ3) is 4.94. The van der Waals surface area contributed by atoms with Crippen molar-refractivity contribution in [2.45, 2.75) is 25.2 Å². The van der Waals surface area contributed by atoms with Crippen LogP contribution in [0.1, 0.15) is 29.3 Å². The molecule has 1 aliphatic rings. The molecule has 28 heavy (non-hydrogen) atoms. The van der Waals surface area contributed by atoms with Crippen molar-refractivity contribution in [3.8, 4) is 0 Å². The highest BCUT2D eigenvalue weighted by Crippen LogP contribution is 2.31. The minimum atomic E-state index is -0.0898. The van der Waals surface area contributed by atoms with Crippen LogP contribution in [0.5, 0.6) is 0 Å². The van der Waals surface area contributed by atoms with E-state index in [1.165, 1.54) is 11.8 Å². The lowest BCUT2D eigenvalue weighted by molar-refractivity contribution is -0.113. The Balaban J connectivity index is 1.63. The highest BCUT2D eigenvalue weighted by molar-refractivity contribution is 8.00. The Morgan fingerprint density at radius 2 is 1.89 bits per heavy atom. The summed E-state index contributed by atoms with van der Waals surface area (Å²) in [5.41, 5.74) is 8.43. The fourth-order valence-corrected chi connectivity index (χ4v) is 4.12. The molecular weight excluding hydrogens is 370 g/mol. The van der Waals surface area contributed by atoms with E-state index in [4.69, 9.17) is 5.73 Å². The number of thioether (sulfide) groups is 1. The van der Waals surface area contributed by atoms with Gasteiger partial charge in [-0.2, -0.15) is 0 Å². The van der Waals surface area contributed by atoms with Crippen LogP contribution in [0.15, 0.2) is 53.4 Å². The van der Waals surface area contributed by atoms with Gasteiger partial charge in [-0.3, -0.25) is 9.59 Å². The van der Waals surface area contributed by atoms with Crippen LogP contribution in [0.2, 0.25) is 0 Å². The largest absolute Gasteiger partial charge is 0.338 e. The molecule has 1 atom stereocenters. The molecule has 6 heteroatoms. The van der Waals surface area contributed by atoms with Crippen LogP contribution < -0.4 is 11.1 Å². The molecule has 1 aliphatic heterocycles. The third-order valence-electron chi connectivity index (χ3n) is 5.15. The van der Waals surface area contributed by atoms with Crippen LogP contribution in [-0.2, 0) is 4.79 Å². The molecule has 0 bridgehead atoms. The number of hydrogen-bond acceptors (Lipinski definition) is 4. The molecular formula is C22H27N3O2S. The van der Waals surface area contributed by atoms with E-state index < -0.39 is 0 Å². The van der Waals surface area contributed by atoms with Gasteiger partial charge in [-0.1, -0.05) is 36.8 Å². The monoisotopic (exact) mass is 397 g/mol. The van der Waals surface area contributed by atoms with E-state index in [2.05, 4.69) is 12.2 Å². The SMILES string of the molecule is Cc1ccc(NC(=O)CSc2ccccc2C(=O)N2CCC(C)(CN)C2)cc1. The molecule has 0 aliphatic carbocycles. The Morgan fingerprint density at radius 3 is 2.57 bits per heavy atom. The van der Waals surface area contributed by atoms with Crippen molar-refractivity contribution in [2.24, 2.45) is 11.1 Å². The molecule has 3 rings (SSSR count). The third-order valence-corrected chi connectivity index (χ3v) is 6.22. The van der Waals surface area contributed by atoms with Gasteiger partial charge in [-0.25, -0.2) is 0 Å². The summed E-state index contributed by atoms with van der Waals surface area (Å²) in [7, 11) is 0. The van der Waals surface area contributed by atoms with Crippen LogP contribution in [0.4, 0.5) is 5.69 Å². The van der Waals surface area contributed by atoms with E-state index in [9.17, 15) is 9.59 Å². The second-order valence-corrected chi connectivity index (χ2v) is 8.71. The van der Waals surface area contributed by atoms with Gasteiger partial charge in [0.15, 0.2) is 0 Å². The topological polar surface area (TPSA) is 75.4 Å². The fraction of sp³-hybridized carbons (Fsp3) is 0.364. The first-order valence-electron chi connectivity index (χ1n) is 9.48. The summed E-state index contributed by atoms with van der Waals surface area (Å²) in [4.78, 5) is 28.0. The molecule has 2 aromatic rings. The number of hydrogen-bond donors (Lipinski definition) is 2. The van der Waals surface area contributed by atoms with Crippen molar-refractivity contribution in [2.75, 3.05) is 30.7 Å². The number of benzene rings is 2. The summed E-state index contributed by atoms with van der Waals surface area (Å²) in [6.07, 6.45) is 0.920. The number of anilines is 1. The van der Waals surface area contributed by atoms with Crippen molar-refractivity contribution >= 4 is 29.3 Å². The van der Waals surface area contributed by atoms with Gasteiger partial charge < -0.3 is 16.0 Å². The van der Waals surface area contributed by atoms with Crippen molar-refractivity contribution in [1.29, 1.82) is 0 Å². The Morgan fingerprint density at radius 1 is 1.18 bits per heavy atom. The van der Waals surface area contributed by atoms with Crippen molar-refractivity contribution in [3.63, 3.8) is 0 Å². The average molecular weight is 398 g/mol. The summed E-state index contributed by atoms with van der Waals surface area (Å²) >= 11 is 1.39. The molecule has 2 aromatic carbocycles. The molecule has 1 fully saturated rings. The first-order valence-corrected chi connectivity index (χ1v) is 10.5. The first-order chi connectivity index (χ1) is 13.4. The molecule has 1 saturated heterocycles. The second kappa shape index (κ2) is 8.80. The summed E-state index contributed by atoms with van der Waals surface area (Å²) in [5.74, 6) is 0.172. The quantitative estimate of drug-likeness (QED) is 0.731. The fourth-order valence-electron chi connectivity index (χ4n) is 3.28. The van der Waals surface area contributed by atoms with Gasteiger partial charge in [0, 0.05) is 23.7 Å². The number of carbonyl (C=O) groups is 2. The zero-order valence-corrected chi connectivity index (χ0v) is 17.2. The standard InChI is InChI=1S/C22H27N3O2S/c1-16-7-9-17(10-8-16)24-20(26)13-28-19-6-4-3-5-18(19)21(27)25-12-11-22(2,14-23)15-25/h3-10H,11-15,23H2,1-2H3,(H,24,26). The maximum absolute atomic E-state index is 13.0. The zero-order chi connectivity index (χ0) is 20.1. The lowest BCUT2D eigenvalue weighted by Crippen LogP contribution is -2.34. The van der Waals surface area contributed by atoms with E-state index in [-0.39, 0.29) is 23.0 Å². The molecule has 2 amide bonds. The van der Waals surface area contributed by atoms with E-state index >= 15 is 0 Å². The van der Waals surface area contributed by atoms with Gasteiger partial charge in [-0.15, -0.1) is 11.8 Å². The van der Waals surface area contributed by atoms with Crippen LogP contribution >= 0.6 is 11.8 Å². The Kier molecular flexibility index (Phi) is 6.42. The smallest absolute Gasteiger partial charge is 0.255 e. The minimum Gasteiger partial charge on any atom is -0.338 e. The Labute approximate surface area is 170 Å². The predicted molar refractivity (Wildman–Crippen MR) is 115 cm³/mol. The minimum absolute atomic E-state index is 0.00826. The van der Waals surface area contributed by atoms with Crippen LogP contribution in [-0.4, -0.2) is 42.1 Å². The lowest BCUT2D eigenvalue weighted by atomic mass is 9.90. The van der Waals surface area contributed by atoms with Crippen LogP contribution in [0, 0.1) is 12.3 Å². The molecule has 3 N–H and O–H groups in total. The van der Waals surface area contributed by atoms with E-state index in [0.717, 1.165) is 29.1 Å². The number of nitrogens with two attached hydrogens (primary N) is 1. The summed E-state index contributed by atoms with van der Waals surface area (Å²) in [6, 6.07) is 15.2. The maximum atomic E-state index is 13.0. The summed E-state index contributed by atoms with van der Waals surface area (Å²) in [5, 5.41) is 2.89. The highest BCUT2D eigenvalue weighted by atomic mass is 32.2. The van der Waals surface area contributed by atoms with Crippen molar-refractivity contribution < 1.29 is 9.59 Å². The molecule has 1 unspecified atom stereocenters. The van der Waals surface area contributed by atoms with Crippen molar-refractivity contribution in [1.82, 2.24) is 4.90 Å². The Hall–Kier alpha value is -2.31. The van der Waals surface area contributed by atoms with Gasteiger partial charge in [0.05, 0.1) is 11.3 Å². The van der Waals surface area contributed by atoms with Gasteiger partial charge >= 0.3 is 0 Å². The molecule has 0 spiro atoms. The molecule has 5 nitrogen and oxygen atoms in total.